The van der Waals surface area contributed by atoms with E-state index in [4.69, 9.17) is 5.73 Å². The van der Waals surface area contributed by atoms with Crippen molar-refractivity contribution in [1.29, 1.82) is 0 Å². The Morgan fingerprint density at radius 2 is 1.94 bits per heavy atom. The van der Waals surface area contributed by atoms with E-state index in [2.05, 4.69) is 55.2 Å². The SMILES string of the molecule is CN1CCC(N)(Cc2ccc(N(C)C)cc2)C1. The first-order valence-corrected chi connectivity index (χ1v) is 6.22. The predicted molar refractivity (Wildman–Crippen MR) is 73.5 cm³/mol. The van der Waals surface area contributed by atoms with E-state index < -0.39 is 0 Å². The minimum absolute atomic E-state index is 0.0334. The summed E-state index contributed by atoms with van der Waals surface area (Å²) in [5.41, 5.74) is 8.97. The lowest BCUT2D eigenvalue weighted by Crippen LogP contribution is -2.44. The fourth-order valence-electron chi connectivity index (χ4n) is 2.57. The van der Waals surface area contributed by atoms with Crippen LogP contribution in [0.4, 0.5) is 5.69 Å². The molecular weight excluding hydrogens is 210 g/mol. The highest BCUT2D eigenvalue weighted by Gasteiger charge is 2.32. The molecule has 3 nitrogen and oxygen atoms in total. The fourth-order valence-corrected chi connectivity index (χ4v) is 2.57. The van der Waals surface area contributed by atoms with Gasteiger partial charge in [-0.25, -0.2) is 0 Å². The Bertz CT molecular complexity index is 372. The zero-order valence-corrected chi connectivity index (χ0v) is 11.1. The summed E-state index contributed by atoms with van der Waals surface area (Å²) >= 11 is 0. The van der Waals surface area contributed by atoms with Crippen LogP contribution in [-0.4, -0.2) is 44.7 Å². The highest BCUT2D eigenvalue weighted by Crippen LogP contribution is 2.23. The molecule has 94 valence electrons. The molecular formula is C14H23N3. The van der Waals surface area contributed by atoms with Gasteiger partial charge in [-0.3, -0.25) is 0 Å². The van der Waals surface area contributed by atoms with Crippen molar-refractivity contribution in [2.24, 2.45) is 5.73 Å². The van der Waals surface area contributed by atoms with Crippen LogP contribution < -0.4 is 10.6 Å². The van der Waals surface area contributed by atoms with Crippen LogP contribution in [-0.2, 0) is 6.42 Å². The summed E-state index contributed by atoms with van der Waals surface area (Å²) in [6.45, 7) is 2.12. The van der Waals surface area contributed by atoms with Crippen LogP contribution in [0.15, 0.2) is 24.3 Å². The molecule has 3 heteroatoms. The van der Waals surface area contributed by atoms with Crippen LogP contribution in [0.1, 0.15) is 12.0 Å². The topological polar surface area (TPSA) is 32.5 Å². The molecule has 1 aromatic rings. The third-order valence-corrected chi connectivity index (χ3v) is 3.59. The first-order chi connectivity index (χ1) is 7.98. The van der Waals surface area contributed by atoms with Gasteiger partial charge in [-0.2, -0.15) is 0 Å². The molecule has 1 aliphatic rings. The van der Waals surface area contributed by atoms with Crippen molar-refractivity contribution < 1.29 is 0 Å². The fraction of sp³-hybridized carbons (Fsp3) is 0.571. The van der Waals surface area contributed by atoms with E-state index in [0.29, 0.717) is 0 Å². The van der Waals surface area contributed by atoms with Crippen LogP contribution in [0.25, 0.3) is 0 Å². The molecule has 0 amide bonds. The lowest BCUT2D eigenvalue weighted by molar-refractivity contribution is 0.366. The summed E-state index contributed by atoms with van der Waals surface area (Å²) in [5.74, 6) is 0. The van der Waals surface area contributed by atoms with Gasteiger partial charge in [0.05, 0.1) is 0 Å². The molecule has 1 fully saturated rings. The van der Waals surface area contributed by atoms with Crippen LogP contribution in [0.3, 0.4) is 0 Å². The van der Waals surface area contributed by atoms with E-state index in [-0.39, 0.29) is 5.54 Å². The number of hydrogen-bond donors (Lipinski definition) is 1. The number of nitrogens with zero attached hydrogens (tertiary/aromatic N) is 2. The average Bonchev–Trinajstić information content (AvgIpc) is 2.59. The molecule has 1 heterocycles. The van der Waals surface area contributed by atoms with Crippen LogP contribution in [0.2, 0.25) is 0 Å². The molecule has 2 N–H and O–H groups in total. The van der Waals surface area contributed by atoms with E-state index in [9.17, 15) is 0 Å². The lowest BCUT2D eigenvalue weighted by atomic mass is 9.91. The summed E-state index contributed by atoms with van der Waals surface area (Å²) in [4.78, 5) is 4.43. The highest BCUT2D eigenvalue weighted by molar-refractivity contribution is 5.46. The quantitative estimate of drug-likeness (QED) is 0.855. The number of benzene rings is 1. The number of rotatable bonds is 3. The standard InChI is InChI=1S/C14H23N3/c1-16(2)13-6-4-12(5-7-13)10-14(15)8-9-17(3)11-14/h4-7H,8-11,15H2,1-3H3. The second-order valence-corrected chi connectivity index (χ2v) is 5.59. The number of likely N-dealkylation sites (N-methyl/N-ethyl adjacent to an activating group) is 1. The van der Waals surface area contributed by atoms with Gasteiger partial charge in [0.2, 0.25) is 0 Å². The van der Waals surface area contributed by atoms with Gasteiger partial charge in [0.25, 0.3) is 0 Å². The van der Waals surface area contributed by atoms with E-state index in [1.165, 1.54) is 11.3 Å². The Balaban J connectivity index is 2.04. The van der Waals surface area contributed by atoms with Crippen molar-refractivity contribution >= 4 is 5.69 Å². The molecule has 0 spiro atoms. The van der Waals surface area contributed by atoms with Crippen LogP contribution >= 0.6 is 0 Å². The Labute approximate surface area is 104 Å². The van der Waals surface area contributed by atoms with Crippen molar-refractivity contribution in [1.82, 2.24) is 4.90 Å². The maximum absolute atomic E-state index is 6.43. The molecule has 1 saturated heterocycles. The number of likely N-dealkylation sites (tertiary alicyclic amines) is 1. The molecule has 1 aliphatic heterocycles. The Morgan fingerprint density at radius 1 is 1.29 bits per heavy atom. The zero-order valence-electron chi connectivity index (χ0n) is 11.1. The van der Waals surface area contributed by atoms with Gasteiger partial charge in [0, 0.05) is 31.9 Å². The molecule has 1 unspecified atom stereocenters. The van der Waals surface area contributed by atoms with E-state index in [1.807, 2.05) is 0 Å². The number of hydrogen-bond acceptors (Lipinski definition) is 3. The monoisotopic (exact) mass is 233 g/mol. The normalized spacial score (nSPS) is 25.2. The van der Waals surface area contributed by atoms with Crippen molar-refractivity contribution in [2.45, 2.75) is 18.4 Å². The van der Waals surface area contributed by atoms with Gasteiger partial charge < -0.3 is 15.5 Å². The van der Waals surface area contributed by atoms with E-state index >= 15 is 0 Å². The summed E-state index contributed by atoms with van der Waals surface area (Å²) in [6.07, 6.45) is 2.07. The molecule has 17 heavy (non-hydrogen) atoms. The maximum atomic E-state index is 6.43. The third kappa shape index (κ3) is 2.99. The lowest BCUT2D eigenvalue weighted by Gasteiger charge is -2.24. The van der Waals surface area contributed by atoms with Gasteiger partial charge in [-0.05, 0) is 44.1 Å². The minimum atomic E-state index is -0.0334. The number of anilines is 1. The highest BCUT2D eigenvalue weighted by atomic mass is 15.2. The molecule has 0 aliphatic carbocycles. The zero-order chi connectivity index (χ0) is 12.5. The van der Waals surface area contributed by atoms with Crippen LogP contribution in [0.5, 0.6) is 0 Å². The molecule has 1 atom stereocenters. The average molecular weight is 233 g/mol. The van der Waals surface area contributed by atoms with Gasteiger partial charge in [-0.15, -0.1) is 0 Å². The summed E-state index contributed by atoms with van der Waals surface area (Å²) in [7, 11) is 6.26. The Hall–Kier alpha value is -1.06. The molecule has 2 rings (SSSR count). The Kier molecular flexibility index (Phi) is 3.40. The molecule has 0 saturated carbocycles. The second-order valence-electron chi connectivity index (χ2n) is 5.59. The van der Waals surface area contributed by atoms with E-state index in [0.717, 1.165) is 25.9 Å². The van der Waals surface area contributed by atoms with Gasteiger partial charge in [-0.1, -0.05) is 12.1 Å². The summed E-state index contributed by atoms with van der Waals surface area (Å²) in [5, 5.41) is 0. The maximum Gasteiger partial charge on any atom is 0.0361 e. The van der Waals surface area contributed by atoms with Crippen molar-refractivity contribution in [3.8, 4) is 0 Å². The van der Waals surface area contributed by atoms with Gasteiger partial charge in [0.1, 0.15) is 0 Å². The van der Waals surface area contributed by atoms with Crippen molar-refractivity contribution in [2.75, 3.05) is 39.1 Å². The first kappa shape index (κ1) is 12.4. The molecule has 0 bridgehead atoms. The van der Waals surface area contributed by atoms with Gasteiger partial charge in [0.15, 0.2) is 0 Å². The first-order valence-electron chi connectivity index (χ1n) is 6.22. The van der Waals surface area contributed by atoms with Crippen LogP contribution in [0, 0.1) is 0 Å². The predicted octanol–water partition coefficient (Wildman–Crippen LogP) is 1.33. The van der Waals surface area contributed by atoms with E-state index in [1.54, 1.807) is 0 Å². The second kappa shape index (κ2) is 4.67. The molecule has 0 radical (unpaired) electrons. The summed E-state index contributed by atoms with van der Waals surface area (Å²) in [6, 6.07) is 8.72. The molecule has 0 aromatic heterocycles. The smallest absolute Gasteiger partial charge is 0.0361 e. The largest absolute Gasteiger partial charge is 0.378 e. The van der Waals surface area contributed by atoms with Gasteiger partial charge >= 0.3 is 0 Å². The number of nitrogens with two attached hydrogens (primary N) is 1. The summed E-state index contributed by atoms with van der Waals surface area (Å²) < 4.78 is 0. The third-order valence-electron chi connectivity index (χ3n) is 3.59. The van der Waals surface area contributed by atoms with Crippen molar-refractivity contribution in [3.63, 3.8) is 0 Å². The molecule has 1 aromatic carbocycles. The Morgan fingerprint density at radius 3 is 2.41 bits per heavy atom. The minimum Gasteiger partial charge on any atom is -0.378 e. The van der Waals surface area contributed by atoms with Crippen molar-refractivity contribution in [3.05, 3.63) is 29.8 Å².